The number of nitrogens with one attached hydrogen (secondary N) is 1. The Hall–Kier alpha value is -2.58. The molecule has 0 atom stereocenters. The van der Waals surface area contributed by atoms with Crippen LogP contribution in [-0.2, 0) is 11.3 Å². The van der Waals surface area contributed by atoms with Crippen molar-refractivity contribution < 1.29 is 4.79 Å². The number of aromatic nitrogens is 4. The van der Waals surface area contributed by atoms with Crippen molar-refractivity contribution >= 4 is 34.0 Å². The lowest BCUT2D eigenvalue weighted by Gasteiger charge is -2.07. The van der Waals surface area contributed by atoms with E-state index < -0.39 is 5.91 Å². The number of hydrogen-bond donors (Lipinski definition) is 1. The first-order valence-electron chi connectivity index (χ1n) is 6.95. The van der Waals surface area contributed by atoms with E-state index in [1.165, 1.54) is 17.4 Å². The van der Waals surface area contributed by atoms with Gasteiger partial charge in [0.1, 0.15) is 11.6 Å². The fourth-order valence-electron chi connectivity index (χ4n) is 1.98. The highest BCUT2D eigenvalue weighted by atomic mass is 35.5. The summed E-state index contributed by atoms with van der Waals surface area (Å²) in [5, 5.41) is 16.2. The molecule has 24 heavy (non-hydrogen) atoms. The minimum Gasteiger partial charge on any atom is -0.299 e. The third-order valence-electron chi connectivity index (χ3n) is 3.07. The molecular weight excluding hydrogens is 350 g/mol. The van der Waals surface area contributed by atoms with E-state index in [0.29, 0.717) is 15.8 Å². The van der Waals surface area contributed by atoms with E-state index in [1.54, 1.807) is 37.3 Å². The average Bonchev–Trinajstić information content (AvgIpc) is 2.95. The summed E-state index contributed by atoms with van der Waals surface area (Å²) in [7, 11) is 0. The van der Waals surface area contributed by atoms with Crippen molar-refractivity contribution in [3.8, 4) is 11.3 Å². The Kier molecular flexibility index (Phi) is 4.68. The molecular formula is C15H12ClN5O2S. The lowest BCUT2D eigenvalue weighted by molar-refractivity contribution is -0.117. The van der Waals surface area contributed by atoms with Crippen LogP contribution in [-0.4, -0.2) is 25.9 Å². The molecule has 2 aromatic heterocycles. The monoisotopic (exact) mass is 361 g/mol. The molecule has 7 nitrogen and oxygen atoms in total. The molecule has 0 aliphatic rings. The van der Waals surface area contributed by atoms with E-state index in [9.17, 15) is 9.59 Å². The zero-order valence-electron chi connectivity index (χ0n) is 12.6. The van der Waals surface area contributed by atoms with Crippen molar-refractivity contribution in [2.24, 2.45) is 0 Å². The Labute approximate surface area is 145 Å². The number of benzene rings is 1. The maximum absolute atomic E-state index is 12.0. The topological polar surface area (TPSA) is 89.8 Å². The van der Waals surface area contributed by atoms with Crippen LogP contribution in [0.2, 0.25) is 5.02 Å². The molecule has 1 amide bonds. The fraction of sp³-hybridized carbons (Fsp3) is 0.133. The number of aryl methyl sites for hydroxylation is 1. The zero-order chi connectivity index (χ0) is 17.1. The lowest BCUT2D eigenvalue weighted by Crippen LogP contribution is -2.29. The number of hydrogen-bond acceptors (Lipinski definition) is 6. The summed E-state index contributed by atoms with van der Waals surface area (Å²) in [6.07, 6.45) is 0. The first-order valence-corrected chi connectivity index (χ1v) is 8.15. The Bertz CT molecular complexity index is 936. The first kappa shape index (κ1) is 16.3. The molecule has 0 aliphatic carbocycles. The molecule has 1 aromatic carbocycles. The second-order valence-corrected chi connectivity index (χ2v) is 6.51. The van der Waals surface area contributed by atoms with E-state index >= 15 is 0 Å². The molecule has 0 saturated heterocycles. The van der Waals surface area contributed by atoms with Crippen molar-refractivity contribution in [1.29, 1.82) is 0 Å². The van der Waals surface area contributed by atoms with Gasteiger partial charge < -0.3 is 0 Å². The summed E-state index contributed by atoms with van der Waals surface area (Å²) in [5.74, 6) is -0.394. The minimum atomic E-state index is -0.394. The standard InChI is InChI=1S/C15H12ClN5O2S/c1-9-18-19-15(24-9)17-13(22)8-21-14(23)7-6-12(20-21)10-2-4-11(16)5-3-10/h2-7H,8H2,1H3,(H,17,19,22). The number of rotatable bonds is 4. The van der Waals surface area contributed by atoms with E-state index in [4.69, 9.17) is 11.6 Å². The molecule has 9 heteroatoms. The van der Waals surface area contributed by atoms with Gasteiger partial charge in [-0.05, 0) is 25.1 Å². The van der Waals surface area contributed by atoms with E-state index in [-0.39, 0.29) is 12.1 Å². The predicted molar refractivity (Wildman–Crippen MR) is 92.2 cm³/mol. The van der Waals surface area contributed by atoms with Crippen LogP contribution in [0, 0.1) is 6.92 Å². The summed E-state index contributed by atoms with van der Waals surface area (Å²) < 4.78 is 1.10. The summed E-state index contributed by atoms with van der Waals surface area (Å²) in [5.41, 5.74) is 1.01. The maximum atomic E-state index is 12.0. The fourth-order valence-corrected chi connectivity index (χ4v) is 2.71. The minimum absolute atomic E-state index is 0.209. The molecule has 0 saturated carbocycles. The Balaban J connectivity index is 1.80. The largest absolute Gasteiger partial charge is 0.299 e. The van der Waals surface area contributed by atoms with Gasteiger partial charge in [0.2, 0.25) is 11.0 Å². The molecule has 0 spiro atoms. The van der Waals surface area contributed by atoms with Gasteiger partial charge in [-0.2, -0.15) is 5.10 Å². The van der Waals surface area contributed by atoms with Crippen LogP contribution >= 0.6 is 22.9 Å². The zero-order valence-corrected chi connectivity index (χ0v) is 14.1. The van der Waals surface area contributed by atoms with Crippen molar-refractivity contribution in [3.05, 3.63) is 56.8 Å². The van der Waals surface area contributed by atoms with Crippen molar-refractivity contribution in [3.63, 3.8) is 0 Å². The van der Waals surface area contributed by atoms with Gasteiger partial charge in [0.05, 0.1) is 5.69 Å². The van der Waals surface area contributed by atoms with Gasteiger partial charge >= 0.3 is 0 Å². The van der Waals surface area contributed by atoms with Crippen LogP contribution in [0.4, 0.5) is 5.13 Å². The van der Waals surface area contributed by atoms with Gasteiger partial charge in [-0.25, -0.2) is 4.68 Å². The summed E-state index contributed by atoms with van der Waals surface area (Å²) >= 11 is 7.12. The molecule has 3 rings (SSSR count). The van der Waals surface area contributed by atoms with Gasteiger partial charge in [0, 0.05) is 16.7 Å². The Morgan fingerprint density at radius 3 is 2.62 bits per heavy atom. The van der Waals surface area contributed by atoms with Gasteiger partial charge in [0.25, 0.3) is 5.56 Å². The number of nitrogens with zero attached hydrogens (tertiary/aromatic N) is 4. The Morgan fingerprint density at radius 2 is 1.96 bits per heavy atom. The quantitative estimate of drug-likeness (QED) is 0.770. The maximum Gasteiger partial charge on any atom is 0.267 e. The number of halogens is 1. The van der Waals surface area contributed by atoms with Gasteiger partial charge in [-0.3, -0.25) is 14.9 Å². The average molecular weight is 362 g/mol. The molecule has 0 aliphatic heterocycles. The number of carbonyl (C=O) groups excluding carboxylic acids is 1. The molecule has 0 radical (unpaired) electrons. The molecule has 0 unspecified atom stereocenters. The first-order chi connectivity index (χ1) is 11.5. The lowest BCUT2D eigenvalue weighted by atomic mass is 10.1. The molecule has 2 heterocycles. The third-order valence-corrected chi connectivity index (χ3v) is 4.08. The SMILES string of the molecule is Cc1nnc(NC(=O)Cn2nc(-c3ccc(Cl)cc3)ccc2=O)s1. The smallest absolute Gasteiger partial charge is 0.267 e. The van der Waals surface area contributed by atoms with E-state index in [0.717, 1.165) is 15.3 Å². The Morgan fingerprint density at radius 1 is 1.21 bits per heavy atom. The second kappa shape index (κ2) is 6.90. The number of anilines is 1. The molecule has 0 fully saturated rings. The van der Waals surface area contributed by atoms with E-state index in [2.05, 4.69) is 20.6 Å². The highest BCUT2D eigenvalue weighted by molar-refractivity contribution is 7.15. The number of carbonyl (C=O) groups is 1. The highest BCUT2D eigenvalue weighted by Gasteiger charge is 2.10. The van der Waals surface area contributed by atoms with Crippen LogP contribution in [0.25, 0.3) is 11.3 Å². The van der Waals surface area contributed by atoms with Crippen LogP contribution < -0.4 is 10.9 Å². The summed E-state index contributed by atoms with van der Waals surface area (Å²) in [6, 6.07) is 10.0. The summed E-state index contributed by atoms with van der Waals surface area (Å²) in [6.45, 7) is 1.58. The van der Waals surface area contributed by atoms with Crippen LogP contribution in [0.5, 0.6) is 0 Å². The third kappa shape index (κ3) is 3.84. The van der Waals surface area contributed by atoms with Crippen LogP contribution in [0.1, 0.15) is 5.01 Å². The molecule has 0 bridgehead atoms. The van der Waals surface area contributed by atoms with Crippen molar-refractivity contribution in [1.82, 2.24) is 20.0 Å². The van der Waals surface area contributed by atoms with E-state index in [1.807, 2.05) is 0 Å². The second-order valence-electron chi connectivity index (χ2n) is 4.90. The molecule has 122 valence electrons. The molecule has 3 aromatic rings. The summed E-state index contributed by atoms with van der Waals surface area (Å²) in [4.78, 5) is 24.0. The predicted octanol–water partition coefficient (Wildman–Crippen LogP) is 2.36. The van der Waals surface area contributed by atoms with Crippen LogP contribution in [0.15, 0.2) is 41.2 Å². The highest BCUT2D eigenvalue weighted by Crippen LogP contribution is 2.18. The van der Waals surface area contributed by atoms with Gasteiger partial charge in [0.15, 0.2) is 0 Å². The van der Waals surface area contributed by atoms with Crippen molar-refractivity contribution in [2.45, 2.75) is 13.5 Å². The molecule has 1 N–H and O–H groups in total. The van der Waals surface area contributed by atoms with Crippen molar-refractivity contribution in [2.75, 3.05) is 5.32 Å². The van der Waals surface area contributed by atoms with Crippen LogP contribution in [0.3, 0.4) is 0 Å². The van der Waals surface area contributed by atoms with Gasteiger partial charge in [-0.1, -0.05) is 35.1 Å². The van der Waals surface area contributed by atoms with Gasteiger partial charge in [-0.15, -0.1) is 10.2 Å². The number of amides is 1. The normalized spacial score (nSPS) is 10.6.